The fourth-order valence-corrected chi connectivity index (χ4v) is 3.58. The Bertz CT molecular complexity index is 746. The van der Waals surface area contributed by atoms with E-state index in [4.69, 9.17) is 5.73 Å². The van der Waals surface area contributed by atoms with Crippen molar-refractivity contribution in [3.8, 4) is 0 Å². The van der Waals surface area contributed by atoms with E-state index in [0.717, 1.165) is 16.7 Å². The highest BCUT2D eigenvalue weighted by Crippen LogP contribution is 2.22. The predicted molar refractivity (Wildman–Crippen MR) is 82.2 cm³/mol. The fraction of sp³-hybridized carbons (Fsp3) is 0.357. The largest absolute Gasteiger partial charge is 0.381 e. The number of anilines is 1. The van der Waals surface area contributed by atoms with E-state index in [0.29, 0.717) is 6.54 Å². The highest BCUT2D eigenvalue weighted by atomic mass is 32.2. The van der Waals surface area contributed by atoms with Gasteiger partial charge in [-0.25, -0.2) is 13.4 Å². The Balaban J connectivity index is 2.33. The van der Waals surface area contributed by atoms with Gasteiger partial charge in [0.15, 0.2) is 10.8 Å². The lowest BCUT2D eigenvalue weighted by Crippen LogP contribution is -2.29. The van der Waals surface area contributed by atoms with Crippen molar-refractivity contribution in [3.63, 3.8) is 0 Å². The lowest BCUT2D eigenvalue weighted by atomic mass is 10.1. The van der Waals surface area contributed by atoms with Gasteiger partial charge < -0.3 is 10.3 Å². The van der Waals surface area contributed by atoms with Gasteiger partial charge in [0, 0.05) is 20.6 Å². The minimum absolute atomic E-state index is 0.0185. The van der Waals surface area contributed by atoms with E-state index < -0.39 is 10.0 Å². The molecule has 1 aromatic heterocycles. The molecule has 7 heteroatoms. The second-order valence-corrected chi connectivity index (χ2v) is 7.20. The van der Waals surface area contributed by atoms with Crippen LogP contribution in [0.25, 0.3) is 0 Å². The van der Waals surface area contributed by atoms with Gasteiger partial charge in [0.1, 0.15) is 0 Å². The summed E-state index contributed by atoms with van der Waals surface area (Å²) in [5.41, 5.74) is 8.85. The molecule has 0 saturated heterocycles. The van der Waals surface area contributed by atoms with Crippen LogP contribution in [0.3, 0.4) is 0 Å². The fourth-order valence-electron chi connectivity index (χ4n) is 2.25. The Labute approximate surface area is 125 Å². The van der Waals surface area contributed by atoms with Crippen molar-refractivity contribution in [2.24, 2.45) is 7.05 Å². The summed E-state index contributed by atoms with van der Waals surface area (Å²) >= 11 is 0. The summed E-state index contributed by atoms with van der Waals surface area (Å²) in [7, 11) is -0.518. The van der Waals surface area contributed by atoms with Crippen LogP contribution in [0.4, 0.5) is 5.82 Å². The van der Waals surface area contributed by atoms with Crippen LogP contribution in [0.1, 0.15) is 16.7 Å². The van der Waals surface area contributed by atoms with Crippen molar-refractivity contribution >= 4 is 15.8 Å². The predicted octanol–water partition coefficient (Wildman–Crippen LogP) is 1.44. The van der Waals surface area contributed by atoms with Crippen molar-refractivity contribution in [1.29, 1.82) is 0 Å². The maximum Gasteiger partial charge on any atom is 0.262 e. The van der Waals surface area contributed by atoms with Crippen molar-refractivity contribution in [1.82, 2.24) is 13.9 Å². The van der Waals surface area contributed by atoms with Gasteiger partial charge >= 0.3 is 0 Å². The number of benzene rings is 1. The average molecular weight is 308 g/mol. The number of nitrogens with zero attached hydrogens (tertiary/aromatic N) is 3. The minimum Gasteiger partial charge on any atom is -0.381 e. The SMILES string of the molecule is Cc1ccc(CN(C)S(=O)(=O)c2c(N)ncn2C)c(C)c1. The van der Waals surface area contributed by atoms with Crippen molar-refractivity contribution < 1.29 is 8.42 Å². The van der Waals surface area contributed by atoms with Gasteiger partial charge in [-0.2, -0.15) is 4.31 Å². The highest BCUT2D eigenvalue weighted by molar-refractivity contribution is 7.89. The molecule has 0 aliphatic heterocycles. The number of sulfonamides is 1. The highest BCUT2D eigenvalue weighted by Gasteiger charge is 2.27. The topological polar surface area (TPSA) is 81.2 Å². The van der Waals surface area contributed by atoms with Gasteiger partial charge in [-0.3, -0.25) is 0 Å². The normalized spacial score (nSPS) is 12.0. The van der Waals surface area contributed by atoms with Gasteiger partial charge in [0.05, 0.1) is 6.33 Å². The summed E-state index contributed by atoms with van der Waals surface area (Å²) in [5.74, 6) is 0.0185. The molecule has 0 saturated carbocycles. The molecule has 6 nitrogen and oxygen atoms in total. The molecule has 2 aromatic rings. The third kappa shape index (κ3) is 2.93. The van der Waals surface area contributed by atoms with Crippen LogP contribution in [0, 0.1) is 13.8 Å². The molecule has 1 aromatic carbocycles. The third-order valence-corrected chi connectivity index (χ3v) is 5.39. The number of imidazole rings is 1. The monoisotopic (exact) mass is 308 g/mol. The Hall–Kier alpha value is -1.86. The van der Waals surface area contributed by atoms with E-state index in [1.807, 2.05) is 32.0 Å². The average Bonchev–Trinajstić information content (AvgIpc) is 2.72. The summed E-state index contributed by atoms with van der Waals surface area (Å²) in [4.78, 5) is 3.84. The van der Waals surface area contributed by atoms with Gasteiger partial charge in [-0.15, -0.1) is 0 Å². The Morgan fingerprint density at radius 3 is 2.52 bits per heavy atom. The summed E-state index contributed by atoms with van der Waals surface area (Å²) in [6.07, 6.45) is 1.40. The summed E-state index contributed by atoms with van der Waals surface area (Å²) in [6, 6.07) is 5.96. The molecule has 0 unspecified atom stereocenters. The molecular formula is C14H20N4O2S. The zero-order valence-electron chi connectivity index (χ0n) is 12.7. The molecular weight excluding hydrogens is 288 g/mol. The van der Waals surface area contributed by atoms with E-state index in [1.165, 1.54) is 15.2 Å². The van der Waals surface area contributed by atoms with E-state index in [-0.39, 0.29) is 10.8 Å². The summed E-state index contributed by atoms with van der Waals surface area (Å²) in [6.45, 7) is 4.27. The molecule has 0 amide bonds. The molecule has 0 atom stereocenters. The Morgan fingerprint density at radius 1 is 1.33 bits per heavy atom. The second-order valence-electron chi connectivity index (χ2n) is 5.24. The van der Waals surface area contributed by atoms with E-state index in [2.05, 4.69) is 4.98 Å². The number of aryl methyl sites for hydroxylation is 3. The zero-order chi connectivity index (χ0) is 15.8. The van der Waals surface area contributed by atoms with E-state index in [1.54, 1.807) is 14.1 Å². The van der Waals surface area contributed by atoms with Crippen LogP contribution < -0.4 is 5.73 Å². The smallest absolute Gasteiger partial charge is 0.262 e. The van der Waals surface area contributed by atoms with Gasteiger partial charge in [0.2, 0.25) is 0 Å². The van der Waals surface area contributed by atoms with Crippen LogP contribution in [0.5, 0.6) is 0 Å². The molecule has 0 spiro atoms. The summed E-state index contributed by atoms with van der Waals surface area (Å²) in [5, 5.41) is 0.0229. The lowest BCUT2D eigenvalue weighted by Gasteiger charge is -2.19. The first-order valence-corrected chi connectivity index (χ1v) is 7.96. The van der Waals surface area contributed by atoms with Crippen LogP contribution in [0.2, 0.25) is 0 Å². The molecule has 0 aliphatic rings. The number of hydrogen-bond donors (Lipinski definition) is 1. The molecule has 0 aliphatic carbocycles. The lowest BCUT2D eigenvalue weighted by molar-refractivity contribution is 0.460. The molecule has 1 heterocycles. The molecule has 2 N–H and O–H groups in total. The van der Waals surface area contributed by atoms with Crippen molar-refractivity contribution in [2.75, 3.05) is 12.8 Å². The van der Waals surface area contributed by atoms with Crippen LogP contribution in [-0.4, -0.2) is 29.3 Å². The summed E-state index contributed by atoms with van der Waals surface area (Å²) < 4.78 is 27.9. The number of rotatable bonds is 4. The number of nitrogens with two attached hydrogens (primary N) is 1. The van der Waals surface area contributed by atoms with Crippen LogP contribution >= 0.6 is 0 Å². The standard InChI is InChI=1S/C14H20N4O2S/c1-10-5-6-12(11(2)7-10)8-18(4)21(19,20)14-13(15)16-9-17(14)3/h5-7,9H,8,15H2,1-4H3. The quantitative estimate of drug-likeness (QED) is 0.926. The third-order valence-electron chi connectivity index (χ3n) is 3.46. The van der Waals surface area contributed by atoms with Crippen LogP contribution in [-0.2, 0) is 23.6 Å². The van der Waals surface area contributed by atoms with Crippen molar-refractivity contribution in [2.45, 2.75) is 25.4 Å². The molecule has 0 bridgehead atoms. The van der Waals surface area contributed by atoms with Gasteiger partial charge in [-0.05, 0) is 25.0 Å². The Morgan fingerprint density at radius 2 is 2.00 bits per heavy atom. The van der Waals surface area contributed by atoms with Gasteiger partial charge in [-0.1, -0.05) is 23.8 Å². The zero-order valence-corrected chi connectivity index (χ0v) is 13.5. The maximum atomic E-state index is 12.6. The maximum absolute atomic E-state index is 12.6. The molecule has 2 rings (SSSR count). The number of hydrogen-bond acceptors (Lipinski definition) is 4. The minimum atomic E-state index is -3.67. The Kier molecular flexibility index (Phi) is 4.06. The van der Waals surface area contributed by atoms with Crippen LogP contribution in [0.15, 0.2) is 29.6 Å². The first-order chi connectivity index (χ1) is 9.73. The first-order valence-electron chi connectivity index (χ1n) is 6.52. The first kappa shape index (κ1) is 15.5. The van der Waals surface area contributed by atoms with Gasteiger partial charge in [0.25, 0.3) is 10.0 Å². The van der Waals surface area contributed by atoms with Crippen molar-refractivity contribution in [3.05, 3.63) is 41.2 Å². The number of nitrogen functional groups attached to an aromatic ring is 1. The van der Waals surface area contributed by atoms with E-state index >= 15 is 0 Å². The molecule has 21 heavy (non-hydrogen) atoms. The second kappa shape index (κ2) is 5.50. The molecule has 114 valence electrons. The molecule has 0 fully saturated rings. The molecule has 0 radical (unpaired) electrons. The number of aromatic nitrogens is 2. The van der Waals surface area contributed by atoms with E-state index in [9.17, 15) is 8.42 Å².